The zero-order valence-corrected chi connectivity index (χ0v) is 14.7. The zero-order valence-electron chi connectivity index (χ0n) is 13.1. The summed E-state index contributed by atoms with van der Waals surface area (Å²) in [7, 11) is 4.17. The minimum absolute atomic E-state index is 0.231. The fourth-order valence-electron chi connectivity index (χ4n) is 3.02. The van der Waals surface area contributed by atoms with E-state index in [1.165, 1.54) is 11.3 Å². The van der Waals surface area contributed by atoms with Gasteiger partial charge in [0.1, 0.15) is 0 Å². The molecule has 2 rings (SSSR count). The summed E-state index contributed by atoms with van der Waals surface area (Å²) in [4.78, 5) is 4.56. The lowest BCUT2D eigenvalue weighted by molar-refractivity contribution is 0.191. The summed E-state index contributed by atoms with van der Waals surface area (Å²) in [5, 5.41) is 13.5. The summed E-state index contributed by atoms with van der Waals surface area (Å²) in [5.74, 6) is 0. The van der Waals surface area contributed by atoms with Gasteiger partial charge >= 0.3 is 0 Å². The largest absolute Gasteiger partial charge is 0.391 e. The Morgan fingerprint density at radius 3 is 2.86 bits per heavy atom. The molecule has 5 heteroatoms. The molecular weight excluding hydrogens is 330 g/mol. The number of anilines is 1. The van der Waals surface area contributed by atoms with Crippen LogP contribution in [-0.2, 0) is 6.54 Å². The van der Waals surface area contributed by atoms with E-state index < -0.39 is 0 Å². The lowest BCUT2D eigenvalue weighted by atomic mass is 10.1. The van der Waals surface area contributed by atoms with Crippen LogP contribution < -0.4 is 10.2 Å². The van der Waals surface area contributed by atoms with Gasteiger partial charge in [-0.15, -0.1) is 0 Å². The number of hydrogen-bond acceptors (Lipinski definition) is 4. The van der Waals surface area contributed by atoms with Gasteiger partial charge in [-0.05, 0) is 50.8 Å². The number of β-amino-alcohol motifs (C(OH)–C–C–N with tert-alkyl or cyclic N) is 1. The van der Waals surface area contributed by atoms with E-state index >= 15 is 0 Å². The molecule has 2 N–H and O–H groups in total. The van der Waals surface area contributed by atoms with E-state index in [0.29, 0.717) is 6.04 Å². The Balaban J connectivity index is 2.25. The molecule has 1 aromatic carbocycles. The summed E-state index contributed by atoms with van der Waals surface area (Å²) in [5.41, 5.74) is 2.52. The van der Waals surface area contributed by atoms with E-state index in [0.717, 1.165) is 37.1 Å². The maximum absolute atomic E-state index is 10.1. The molecule has 0 aliphatic carbocycles. The summed E-state index contributed by atoms with van der Waals surface area (Å²) in [6.07, 6.45) is 0.611. The Morgan fingerprint density at radius 1 is 1.43 bits per heavy atom. The van der Waals surface area contributed by atoms with Crippen molar-refractivity contribution in [1.29, 1.82) is 0 Å². The normalized spacial score (nSPS) is 22.3. The van der Waals surface area contributed by atoms with Crippen LogP contribution in [0.4, 0.5) is 5.69 Å². The molecule has 4 nitrogen and oxygen atoms in total. The highest BCUT2D eigenvalue weighted by atomic mass is 79.9. The number of halogens is 1. The van der Waals surface area contributed by atoms with Gasteiger partial charge in [0, 0.05) is 35.8 Å². The first-order valence-electron chi connectivity index (χ1n) is 7.59. The van der Waals surface area contributed by atoms with Gasteiger partial charge in [-0.25, -0.2) is 0 Å². The summed E-state index contributed by atoms with van der Waals surface area (Å²) in [6, 6.07) is 6.80. The molecule has 1 heterocycles. The second-order valence-corrected chi connectivity index (χ2v) is 6.93. The summed E-state index contributed by atoms with van der Waals surface area (Å²) >= 11 is 3.56. The maximum atomic E-state index is 10.1. The molecule has 0 bridgehead atoms. The molecule has 1 saturated heterocycles. The maximum Gasteiger partial charge on any atom is 0.0735 e. The van der Waals surface area contributed by atoms with Crippen LogP contribution in [0.2, 0.25) is 0 Å². The van der Waals surface area contributed by atoms with Crippen LogP contribution in [0, 0.1) is 0 Å². The Bertz CT molecular complexity index is 467. The lowest BCUT2D eigenvalue weighted by Gasteiger charge is -2.30. The SMILES string of the molecule is CCNCc1cc(Br)ccc1N1CC(O)CC1CN(C)C. The molecule has 0 aromatic heterocycles. The highest BCUT2D eigenvalue weighted by Gasteiger charge is 2.32. The van der Waals surface area contributed by atoms with Gasteiger partial charge in [-0.1, -0.05) is 22.9 Å². The Labute approximate surface area is 136 Å². The monoisotopic (exact) mass is 355 g/mol. The van der Waals surface area contributed by atoms with Gasteiger partial charge in [0.2, 0.25) is 0 Å². The van der Waals surface area contributed by atoms with Crippen LogP contribution in [0.3, 0.4) is 0 Å². The number of aliphatic hydroxyl groups is 1. The van der Waals surface area contributed by atoms with Crippen LogP contribution in [0.5, 0.6) is 0 Å². The molecule has 1 aliphatic rings. The molecule has 0 amide bonds. The van der Waals surface area contributed by atoms with Crippen LogP contribution in [0.15, 0.2) is 22.7 Å². The van der Waals surface area contributed by atoms with Gasteiger partial charge in [-0.2, -0.15) is 0 Å². The molecule has 0 radical (unpaired) electrons. The summed E-state index contributed by atoms with van der Waals surface area (Å²) in [6.45, 7) is 5.61. The minimum atomic E-state index is -0.231. The highest BCUT2D eigenvalue weighted by Crippen LogP contribution is 2.31. The third-order valence-electron chi connectivity index (χ3n) is 3.88. The predicted octanol–water partition coefficient (Wildman–Crippen LogP) is 2.06. The lowest BCUT2D eigenvalue weighted by Crippen LogP contribution is -2.38. The standard InChI is InChI=1S/C16H26BrN3O/c1-4-18-9-12-7-13(17)5-6-16(12)20-11-15(21)8-14(20)10-19(2)3/h5-7,14-15,18,21H,4,8-11H2,1-3H3. The van der Waals surface area contributed by atoms with Crippen LogP contribution in [-0.4, -0.2) is 55.9 Å². The second kappa shape index (κ2) is 7.58. The third kappa shape index (κ3) is 4.42. The first-order chi connectivity index (χ1) is 10.0. The molecule has 118 valence electrons. The van der Waals surface area contributed by atoms with Crippen molar-refractivity contribution < 1.29 is 5.11 Å². The van der Waals surface area contributed by atoms with Crippen LogP contribution in [0.25, 0.3) is 0 Å². The molecule has 1 aromatic rings. The van der Waals surface area contributed by atoms with Crippen molar-refractivity contribution in [2.45, 2.75) is 32.0 Å². The number of aliphatic hydroxyl groups excluding tert-OH is 1. The quantitative estimate of drug-likeness (QED) is 0.819. The number of likely N-dealkylation sites (N-methyl/N-ethyl adjacent to an activating group) is 1. The van der Waals surface area contributed by atoms with E-state index in [1.807, 2.05) is 0 Å². The van der Waals surface area contributed by atoms with Crippen molar-refractivity contribution in [3.63, 3.8) is 0 Å². The Kier molecular flexibility index (Phi) is 6.05. The molecule has 1 fully saturated rings. The van der Waals surface area contributed by atoms with E-state index in [1.54, 1.807) is 0 Å². The average molecular weight is 356 g/mol. The van der Waals surface area contributed by atoms with Crippen molar-refractivity contribution in [3.05, 3.63) is 28.2 Å². The van der Waals surface area contributed by atoms with Crippen molar-refractivity contribution in [2.75, 3.05) is 38.6 Å². The highest BCUT2D eigenvalue weighted by molar-refractivity contribution is 9.10. The first kappa shape index (κ1) is 16.7. The zero-order chi connectivity index (χ0) is 15.4. The number of nitrogens with zero attached hydrogens (tertiary/aromatic N) is 2. The molecular formula is C16H26BrN3O. The number of benzene rings is 1. The van der Waals surface area contributed by atoms with E-state index in [-0.39, 0.29) is 6.10 Å². The number of rotatable bonds is 6. The van der Waals surface area contributed by atoms with Gasteiger partial charge in [-0.3, -0.25) is 0 Å². The van der Waals surface area contributed by atoms with E-state index in [9.17, 15) is 5.11 Å². The van der Waals surface area contributed by atoms with Gasteiger partial charge < -0.3 is 20.2 Å². The van der Waals surface area contributed by atoms with Gasteiger partial charge in [0.15, 0.2) is 0 Å². The first-order valence-corrected chi connectivity index (χ1v) is 8.39. The number of nitrogens with one attached hydrogen (secondary N) is 1. The molecule has 2 unspecified atom stereocenters. The second-order valence-electron chi connectivity index (χ2n) is 6.01. The van der Waals surface area contributed by atoms with Crippen LogP contribution >= 0.6 is 15.9 Å². The Hall–Kier alpha value is -0.620. The van der Waals surface area contributed by atoms with Gasteiger partial charge in [0.05, 0.1) is 6.10 Å². The average Bonchev–Trinajstić information content (AvgIpc) is 2.76. The smallest absolute Gasteiger partial charge is 0.0735 e. The third-order valence-corrected chi connectivity index (χ3v) is 4.38. The van der Waals surface area contributed by atoms with Crippen molar-refractivity contribution >= 4 is 21.6 Å². The van der Waals surface area contributed by atoms with Crippen LogP contribution in [0.1, 0.15) is 18.9 Å². The van der Waals surface area contributed by atoms with Gasteiger partial charge in [0.25, 0.3) is 0 Å². The van der Waals surface area contributed by atoms with Crippen molar-refractivity contribution in [2.24, 2.45) is 0 Å². The predicted molar refractivity (Wildman–Crippen MR) is 91.8 cm³/mol. The Morgan fingerprint density at radius 2 is 2.19 bits per heavy atom. The number of hydrogen-bond donors (Lipinski definition) is 2. The summed E-state index contributed by atoms with van der Waals surface area (Å²) < 4.78 is 1.10. The van der Waals surface area contributed by atoms with Crippen molar-refractivity contribution in [1.82, 2.24) is 10.2 Å². The molecule has 21 heavy (non-hydrogen) atoms. The topological polar surface area (TPSA) is 38.7 Å². The molecule has 0 spiro atoms. The molecule has 2 atom stereocenters. The molecule has 0 saturated carbocycles. The van der Waals surface area contributed by atoms with Crippen molar-refractivity contribution in [3.8, 4) is 0 Å². The fourth-order valence-corrected chi connectivity index (χ4v) is 3.43. The van der Waals surface area contributed by atoms with E-state index in [2.05, 4.69) is 70.3 Å². The molecule has 1 aliphatic heterocycles. The fraction of sp³-hybridized carbons (Fsp3) is 0.625. The minimum Gasteiger partial charge on any atom is -0.391 e. The van der Waals surface area contributed by atoms with E-state index in [4.69, 9.17) is 0 Å².